The Bertz CT molecular complexity index is 1330. The van der Waals surface area contributed by atoms with E-state index in [1.807, 2.05) is 24.3 Å². The molecule has 0 aliphatic carbocycles. The highest BCUT2D eigenvalue weighted by Gasteiger charge is 2.32. The number of aromatic nitrogens is 4. The number of carbonyl (C=O) groups excluding carboxylic acids is 2. The van der Waals surface area contributed by atoms with E-state index in [4.69, 9.17) is 24.2 Å². The third-order valence-corrected chi connectivity index (χ3v) is 7.04. The number of hydrogen-bond acceptors (Lipinski definition) is 9. The van der Waals surface area contributed by atoms with Crippen LogP contribution in [0, 0.1) is 0 Å². The zero-order valence-electron chi connectivity index (χ0n) is 23.1. The van der Waals surface area contributed by atoms with Gasteiger partial charge in [0.05, 0.1) is 11.7 Å². The number of anilines is 1. The van der Waals surface area contributed by atoms with Crippen LogP contribution in [0.3, 0.4) is 0 Å². The van der Waals surface area contributed by atoms with E-state index in [0.29, 0.717) is 38.5 Å². The van der Waals surface area contributed by atoms with E-state index in [-0.39, 0.29) is 43.6 Å². The predicted octanol–water partition coefficient (Wildman–Crippen LogP) is 1.93. The first-order valence-electron chi connectivity index (χ1n) is 13.5. The van der Waals surface area contributed by atoms with Crippen LogP contribution in [-0.2, 0) is 20.7 Å². The number of nitrogens with zero attached hydrogens (tertiary/aromatic N) is 6. The minimum absolute atomic E-state index is 0.00420. The molecule has 2 amide bonds. The molecule has 0 saturated carbocycles. The lowest BCUT2D eigenvalue weighted by Gasteiger charge is -2.42. The first-order chi connectivity index (χ1) is 19.4. The molecule has 1 saturated heterocycles. The van der Waals surface area contributed by atoms with Crippen molar-refractivity contribution in [3.05, 3.63) is 54.2 Å². The van der Waals surface area contributed by atoms with Crippen molar-refractivity contribution >= 4 is 17.6 Å². The lowest BCUT2D eigenvalue weighted by molar-refractivity contribution is -0.136. The predicted molar refractivity (Wildman–Crippen MR) is 147 cm³/mol. The summed E-state index contributed by atoms with van der Waals surface area (Å²) in [7, 11) is 1.51. The molecule has 5 rings (SSSR count). The van der Waals surface area contributed by atoms with Gasteiger partial charge in [0.25, 0.3) is 0 Å². The summed E-state index contributed by atoms with van der Waals surface area (Å²) in [5, 5.41) is 3.04. The van der Waals surface area contributed by atoms with E-state index in [1.165, 1.54) is 7.11 Å². The molecule has 12 heteroatoms. The molecule has 212 valence electrons. The summed E-state index contributed by atoms with van der Waals surface area (Å²) in [5.74, 6) is 2.68. The quantitative estimate of drug-likeness (QED) is 0.404. The van der Waals surface area contributed by atoms with E-state index >= 15 is 0 Å². The fraction of sp³-hybridized carbons (Fsp3) is 0.464. The molecule has 0 bridgehead atoms. The van der Waals surface area contributed by atoms with Crippen molar-refractivity contribution in [3.8, 4) is 17.4 Å². The first-order valence-corrected chi connectivity index (χ1v) is 13.5. The lowest BCUT2D eigenvalue weighted by atomic mass is 10.1. The number of carbonyl (C=O) groups is 2. The van der Waals surface area contributed by atoms with E-state index in [2.05, 4.69) is 29.0 Å². The van der Waals surface area contributed by atoms with Crippen molar-refractivity contribution in [1.29, 1.82) is 0 Å². The van der Waals surface area contributed by atoms with Crippen molar-refractivity contribution in [3.63, 3.8) is 0 Å². The Labute approximate surface area is 233 Å². The average Bonchev–Trinajstić information content (AvgIpc) is 3.65. The summed E-state index contributed by atoms with van der Waals surface area (Å²) >= 11 is 0. The summed E-state index contributed by atoms with van der Waals surface area (Å²) in [6.45, 7) is 6.30. The van der Waals surface area contributed by atoms with E-state index in [1.54, 1.807) is 28.2 Å². The monoisotopic (exact) mass is 549 g/mol. The summed E-state index contributed by atoms with van der Waals surface area (Å²) in [5.41, 5.74) is 1.94. The van der Waals surface area contributed by atoms with Crippen molar-refractivity contribution in [2.45, 2.75) is 38.6 Å². The first kappa shape index (κ1) is 27.4. The summed E-state index contributed by atoms with van der Waals surface area (Å²) in [6, 6.07) is 7.50. The Kier molecular flexibility index (Phi) is 8.44. The smallest absolute Gasteiger partial charge is 0.248 e. The number of benzene rings is 1. The zero-order chi connectivity index (χ0) is 28.1. The molecule has 1 fully saturated rings. The van der Waals surface area contributed by atoms with Crippen molar-refractivity contribution < 1.29 is 23.8 Å². The molecule has 2 aliphatic heterocycles. The second-order valence-corrected chi connectivity index (χ2v) is 10.2. The van der Waals surface area contributed by atoms with Crippen LogP contribution in [0.2, 0.25) is 0 Å². The zero-order valence-corrected chi connectivity index (χ0v) is 23.1. The molecule has 0 spiro atoms. The molecule has 0 radical (unpaired) electrons. The molecular weight excluding hydrogens is 514 g/mol. The molecule has 40 heavy (non-hydrogen) atoms. The molecule has 1 atom stereocenters. The van der Waals surface area contributed by atoms with E-state index < -0.39 is 0 Å². The normalized spacial score (nSPS) is 16.4. The molecule has 1 aromatic carbocycles. The third-order valence-electron chi connectivity index (χ3n) is 7.04. The molecule has 2 aliphatic rings. The highest BCUT2D eigenvalue weighted by molar-refractivity contribution is 5.79. The largest absolute Gasteiger partial charge is 0.454 e. The van der Waals surface area contributed by atoms with Gasteiger partial charge in [0.2, 0.25) is 24.6 Å². The van der Waals surface area contributed by atoms with Gasteiger partial charge in [-0.05, 0) is 30.0 Å². The van der Waals surface area contributed by atoms with Crippen molar-refractivity contribution in [2.24, 2.45) is 0 Å². The molecule has 1 unspecified atom stereocenters. The Morgan fingerprint density at radius 3 is 2.77 bits per heavy atom. The maximum absolute atomic E-state index is 13.1. The van der Waals surface area contributed by atoms with Gasteiger partial charge in [-0.3, -0.25) is 14.2 Å². The molecule has 3 aromatic rings. The number of amides is 2. The number of nitrogens with one attached hydrogen (secondary N) is 1. The van der Waals surface area contributed by atoms with E-state index in [0.717, 1.165) is 28.6 Å². The number of hydrogen-bond donors (Lipinski definition) is 1. The summed E-state index contributed by atoms with van der Waals surface area (Å²) in [4.78, 5) is 43.4. The van der Waals surface area contributed by atoms with Gasteiger partial charge in [0.1, 0.15) is 18.8 Å². The number of methoxy groups -OCH3 is 1. The van der Waals surface area contributed by atoms with Gasteiger partial charge in [-0.15, -0.1) is 0 Å². The number of ether oxygens (including phenoxy) is 3. The maximum atomic E-state index is 13.1. The number of imidazole rings is 1. The molecule has 4 heterocycles. The second kappa shape index (κ2) is 12.3. The van der Waals surface area contributed by atoms with Crippen LogP contribution in [0.15, 0.2) is 43.0 Å². The van der Waals surface area contributed by atoms with Crippen molar-refractivity contribution in [1.82, 2.24) is 29.7 Å². The Hall–Kier alpha value is -4.19. The Morgan fingerprint density at radius 2 is 2.00 bits per heavy atom. The highest BCUT2D eigenvalue weighted by atomic mass is 16.7. The molecular formula is C28H35N7O5. The standard InChI is InChI=1S/C28H35N7O5/c1-19(2)22-14-25(32-28(31-22)34-9-8-29-17-34)35-11-10-33(27(37)16-38-3)15-21(35)13-26(36)30-7-6-20-4-5-23-24(12-20)40-18-39-23/h4-5,8-9,12,14,17,19,21H,6-7,10-11,13,15-16,18H2,1-3H3,(H,30,36). The van der Waals surface area contributed by atoms with Crippen LogP contribution in [0.25, 0.3) is 5.95 Å². The number of piperazine rings is 1. The van der Waals surface area contributed by atoms with Crippen LogP contribution in [-0.4, -0.2) is 89.0 Å². The summed E-state index contributed by atoms with van der Waals surface area (Å²) < 4.78 is 17.7. The number of rotatable bonds is 10. The van der Waals surface area contributed by atoms with Gasteiger partial charge in [0.15, 0.2) is 11.5 Å². The molecule has 1 N–H and O–H groups in total. The van der Waals surface area contributed by atoms with Crippen LogP contribution >= 0.6 is 0 Å². The average molecular weight is 550 g/mol. The van der Waals surface area contributed by atoms with E-state index in [9.17, 15) is 9.59 Å². The maximum Gasteiger partial charge on any atom is 0.248 e. The Balaban J connectivity index is 1.31. The summed E-state index contributed by atoms with van der Waals surface area (Å²) in [6.07, 6.45) is 6.01. The SMILES string of the molecule is COCC(=O)N1CCN(c2cc(C(C)C)nc(-n3ccnc3)n2)C(CC(=O)NCCc2ccc3c(c2)OCO3)C1. The molecule has 2 aromatic heterocycles. The number of fused-ring (bicyclic) bond motifs is 1. The topological polar surface area (TPSA) is 124 Å². The van der Waals surface area contributed by atoms with Crippen LogP contribution < -0.4 is 19.7 Å². The lowest BCUT2D eigenvalue weighted by Crippen LogP contribution is -2.57. The van der Waals surface area contributed by atoms with Gasteiger partial charge in [-0.25, -0.2) is 9.97 Å². The van der Waals surface area contributed by atoms with Crippen molar-refractivity contribution in [2.75, 3.05) is 51.6 Å². The molecule has 12 nitrogen and oxygen atoms in total. The minimum atomic E-state index is -0.273. The fourth-order valence-corrected chi connectivity index (χ4v) is 4.88. The van der Waals surface area contributed by atoms with Crippen LogP contribution in [0.5, 0.6) is 11.5 Å². The second-order valence-electron chi connectivity index (χ2n) is 10.2. The minimum Gasteiger partial charge on any atom is -0.454 e. The van der Waals surface area contributed by atoms with Gasteiger partial charge in [-0.1, -0.05) is 19.9 Å². The Morgan fingerprint density at radius 1 is 1.15 bits per heavy atom. The van der Waals surface area contributed by atoms with Gasteiger partial charge in [0, 0.05) is 58.2 Å². The highest BCUT2D eigenvalue weighted by Crippen LogP contribution is 2.32. The van der Waals surface area contributed by atoms with Gasteiger partial charge >= 0.3 is 0 Å². The van der Waals surface area contributed by atoms with Crippen LogP contribution in [0.1, 0.15) is 37.4 Å². The van der Waals surface area contributed by atoms with Crippen LogP contribution in [0.4, 0.5) is 5.82 Å². The van der Waals surface area contributed by atoms with Gasteiger partial charge in [-0.2, -0.15) is 4.98 Å². The van der Waals surface area contributed by atoms with Gasteiger partial charge < -0.3 is 29.3 Å². The third kappa shape index (κ3) is 6.33. The fourth-order valence-electron chi connectivity index (χ4n) is 4.88.